The number of aromatic nitrogens is 2. The number of hydrogen-bond acceptors (Lipinski definition) is 1. The van der Waals surface area contributed by atoms with E-state index in [1.807, 2.05) is 12.3 Å². The van der Waals surface area contributed by atoms with Crippen molar-refractivity contribution in [1.82, 2.24) is 9.55 Å². The molecule has 0 bridgehead atoms. The van der Waals surface area contributed by atoms with Crippen LogP contribution in [0.3, 0.4) is 0 Å². The zero-order chi connectivity index (χ0) is 8.72. The fourth-order valence-corrected chi connectivity index (χ4v) is 2.22. The Morgan fingerprint density at radius 1 is 1.50 bits per heavy atom. The van der Waals surface area contributed by atoms with E-state index in [0.29, 0.717) is 0 Å². The summed E-state index contributed by atoms with van der Waals surface area (Å²) >= 11 is 2.27. The summed E-state index contributed by atoms with van der Waals surface area (Å²) in [6.45, 7) is 2.11. The minimum absolute atomic E-state index is 1.07. The normalized spacial score (nSPS) is 10.9. The molecule has 0 N–H and O–H groups in total. The van der Waals surface area contributed by atoms with E-state index >= 15 is 0 Å². The molecule has 0 aliphatic carbocycles. The average molecular weight is 272 g/mol. The van der Waals surface area contributed by atoms with Gasteiger partial charge in [0.15, 0.2) is 0 Å². The van der Waals surface area contributed by atoms with E-state index < -0.39 is 0 Å². The van der Waals surface area contributed by atoms with E-state index in [4.69, 9.17) is 0 Å². The summed E-state index contributed by atoms with van der Waals surface area (Å²) in [4.78, 5) is 4.25. The Kier molecular flexibility index (Phi) is 1.83. The van der Waals surface area contributed by atoms with Crippen LogP contribution >= 0.6 is 22.6 Å². The van der Waals surface area contributed by atoms with Gasteiger partial charge in [0.2, 0.25) is 0 Å². The number of fused-ring (bicyclic) bond motifs is 1. The molecule has 0 unspecified atom stereocenters. The first kappa shape index (κ1) is 8.04. The summed E-state index contributed by atoms with van der Waals surface area (Å²) in [5.41, 5.74) is 2.51. The van der Waals surface area contributed by atoms with E-state index in [1.165, 1.54) is 16.6 Å². The van der Waals surface area contributed by atoms with Crippen LogP contribution in [0.25, 0.3) is 10.9 Å². The Hall–Kier alpha value is -0.580. The molecular weight excluding hydrogens is 263 g/mol. The Balaban J connectivity index is 2.97. The monoisotopic (exact) mass is 272 g/mol. The van der Waals surface area contributed by atoms with E-state index in [1.54, 1.807) is 0 Å². The van der Waals surface area contributed by atoms with Crippen molar-refractivity contribution in [1.29, 1.82) is 0 Å². The molecule has 0 spiro atoms. The Morgan fingerprint density at radius 3 is 2.92 bits per heavy atom. The lowest BCUT2D eigenvalue weighted by Crippen LogP contribution is -1.92. The minimum atomic E-state index is 1.07. The van der Waals surface area contributed by atoms with Gasteiger partial charge in [0.05, 0.1) is 5.52 Å². The molecule has 12 heavy (non-hydrogen) atoms. The maximum atomic E-state index is 4.25. The molecule has 0 aliphatic heterocycles. The van der Waals surface area contributed by atoms with Gasteiger partial charge in [0.1, 0.15) is 3.70 Å². The van der Waals surface area contributed by atoms with Crippen molar-refractivity contribution in [3.8, 4) is 0 Å². The smallest absolute Gasteiger partial charge is 0.125 e. The van der Waals surface area contributed by atoms with E-state index in [9.17, 15) is 0 Å². The largest absolute Gasteiger partial charge is 0.346 e. The number of nitrogens with zero attached hydrogens (tertiary/aromatic N) is 2. The molecule has 0 amide bonds. The molecule has 62 valence electrons. The summed E-state index contributed by atoms with van der Waals surface area (Å²) in [7, 11) is 2.07. The van der Waals surface area contributed by atoms with Gasteiger partial charge in [0.25, 0.3) is 0 Å². The molecule has 3 heteroatoms. The quantitative estimate of drug-likeness (QED) is 0.532. The molecule has 2 rings (SSSR count). The van der Waals surface area contributed by atoms with E-state index in [-0.39, 0.29) is 0 Å². The second-order valence-corrected chi connectivity index (χ2v) is 3.91. The van der Waals surface area contributed by atoms with Crippen LogP contribution in [0.2, 0.25) is 0 Å². The molecule has 0 radical (unpaired) electrons. The number of hydrogen-bond donors (Lipinski definition) is 0. The van der Waals surface area contributed by atoms with Crippen molar-refractivity contribution in [2.24, 2.45) is 7.05 Å². The predicted octanol–water partition coefficient (Wildman–Crippen LogP) is 2.49. The summed E-state index contributed by atoms with van der Waals surface area (Å²) in [6.07, 6.45) is 1.85. The molecule has 0 atom stereocenters. The highest BCUT2D eigenvalue weighted by molar-refractivity contribution is 14.1. The fourth-order valence-electron chi connectivity index (χ4n) is 1.39. The molecule has 0 saturated heterocycles. The number of pyridine rings is 1. The second kappa shape index (κ2) is 2.73. The number of halogens is 1. The molecule has 0 aromatic carbocycles. The summed E-state index contributed by atoms with van der Waals surface area (Å²) < 4.78 is 3.24. The third kappa shape index (κ3) is 1.03. The average Bonchev–Trinajstić information content (AvgIpc) is 2.29. The third-order valence-corrected chi connectivity index (χ3v) is 2.93. The van der Waals surface area contributed by atoms with Gasteiger partial charge in [-0.15, -0.1) is 0 Å². The highest BCUT2D eigenvalue weighted by Crippen LogP contribution is 2.21. The Morgan fingerprint density at radius 2 is 2.25 bits per heavy atom. The first-order chi connectivity index (χ1) is 5.70. The molecule has 0 fully saturated rings. The zero-order valence-electron chi connectivity index (χ0n) is 7.00. The van der Waals surface area contributed by atoms with Gasteiger partial charge in [-0.25, -0.2) is 4.98 Å². The maximum Gasteiger partial charge on any atom is 0.125 e. The lowest BCUT2D eigenvalue weighted by molar-refractivity contribution is 0.912. The van der Waals surface area contributed by atoms with Crippen molar-refractivity contribution in [2.45, 2.75) is 6.92 Å². The first-order valence-corrected chi connectivity index (χ1v) is 4.84. The van der Waals surface area contributed by atoms with E-state index in [2.05, 4.69) is 52.2 Å². The van der Waals surface area contributed by atoms with Crippen LogP contribution in [0.1, 0.15) is 5.69 Å². The third-order valence-electron chi connectivity index (χ3n) is 2.14. The molecular formula is C9H9IN2. The lowest BCUT2D eigenvalue weighted by Gasteiger charge is -1.99. The predicted molar refractivity (Wildman–Crippen MR) is 58.2 cm³/mol. The van der Waals surface area contributed by atoms with Crippen LogP contribution in [0.4, 0.5) is 0 Å². The topological polar surface area (TPSA) is 17.8 Å². The van der Waals surface area contributed by atoms with Gasteiger partial charge in [-0.2, -0.15) is 0 Å². The van der Waals surface area contributed by atoms with Crippen molar-refractivity contribution < 1.29 is 0 Å². The SMILES string of the molecule is Cc1cc2ccnc(I)c2n1C. The van der Waals surface area contributed by atoms with Gasteiger partial charge in [0, 0.05) is 24.3 Å². The fraction of sp³-hybridized carbons (Fsp3) is 0.222. The highest BCUT2D eigenvalue weighted by Gasteiger charge is 2.04. The standard InChI is InChI=1S/C9H9IN2/c1-6-5-7-3-4-11-9(10)8(7)12(6)2/h3-5H,1-2H3. The van der Waals surface area contributed by atoms with Crippen molar-refractivity contribution in [3.05, 3.63) is 27.7 Å². The molecule has 0 aliphatic rings. The maximum absolute atomic E-state index is 4.25. The summed E-state index contributed by atoms with van der Waals surface area (Å²) in [5.74, 6) is 0. The van der Waals surface area contributed by atoms with Gasteiger partial charge in [-0.1, -0.05) is 0 Å². The number of rotatable bonds is 0. The van der Waals surface area contributed by atoms with Gasteiger partial charge in [-0.3, -0.25) is 0 Å². The Labute approximate surface area is 84.7 Å². The minimum Gasteiger partial charge on any atom is -0.346 e. The van der Waals surface area contributed by atoms with Crippen LogP contribution in [-0.2, 0) is 7.05 Å². The van der Waals surface area contributed by atoms with Crippen LogP contribution in [0.15, 0.2) is 18.3 Å². The van der Waals surface area contributed by atoms with Crippen LogP contribution in [0.5, 0.6) is 0 Å². The molecule has 2 aromatic heterocycles. The van der Waals surface area contributed by atoms with Crippen molar-refractivity contribution >= 4 is 33.5 Å². The van der Waals surface area contributed by atoms with Crippen LogP contribution in [0, 0.1) is 10.6 Å². The van der Waals surface area contributed by atoms with Gasteiger partial charge in [-0.05, 0) is 41.6 Å². The molecule has 0 saturated carbocycles. The molecule has 2 aromatic rings. The molecule has 2 nitrogen and oxygen atoms in total. The second-order valence-electron chi connectivity index (χ2n) is 2.88. The Bertz CT molecular complexity index is 431. The van der Waals surface area contributed by atoms with Crippen LogP contribution < -0.4 is 0 Å². The van der Waals surface area contributed by atoms with Crippen molar-refractivity contribution in [3.63, 3.8) is 0 Å². The van der Waals surface area contributed by atoms with Crippen molar-refractivity contribution in [2.75, 3.05) is 0 Å². The first-order valence-electron chi connectivity index (χ1n) is 3.76. The number of aryl methyl sites for hydroxylation is 2. The van der Waals surface area contributed by atoms with Crippen LogP contribution in [-0.4, -0.2) is 9.55 Å². The molecule has 2 heterocycles. The summed E-state index contributed by atoms with van der Waals surface area (Å²) in [5, 5.41) is 1.27. The lowest BCUT2D eigenvalue weighted by atomic mass is 10.3. The van der Waals surface area contributed by atoms with E-state index in [0.717, 1.165) is 3.70 Å². The highest BCUT2D eigenvalue weighted by atomic mass is 127. The van der Waals surface area contributed by atoms with Gasteiger partial charge >= 0.3 is 0 Å². The van der Waals surface area contributed by atoms with Gasteiger partial charge < -0.3 is 4.57 Å². The zero-order valence-corrected chi connectivity index (χ0v) is 9.16. The summed E-state index contributed by atoms with van der Waals surface area (Å²) in [6, 6.07) is 4.23.